The van der Waals surface area contributed by atoms with Gasteiger partial charge >= 0.3 is 0 Å². The highest BCUT2D eigenvalue weighted by Crippen LogP contribution is 2.19. The number of methoxy groups -OCH3 is 1. The van der Waals surface area contributed by atoms with Gasteiger partial charge in [0.25, 0.3) is 11.5 Å². The topological polar surface area (TPSA) is 89.0 Å². The van der Waals surface area contributed by atoms with Crippen molar-refractivity contribution >= 4 is 5.91 Å². The first-order chi connectivity index (χ1) is 13.0. The number of nitrogens with one attached hydrogen (secondary N) is 2. The predicted octanol–water partition coefficient (Wildman–Crippen LogP) is 2.29. The Hall–Kier alpha value is -3.35. The van der Waals surface area contributed by atoms with Crippen molar-refractivity contribution < 1.29 is 9.53 Å². The van der Waals surface area contributed by atoms with Gasteiger partial charge < -0.3 is 15.0 Å². The first-order valence-corrected chi connectivity index (χ1v) is 8.65. The Morgan fingerprint density at radius 1 is 1.19 bits per heavy atom. The van der Waals surface area contributed by atoms with Crippen LogP contribution in [0.5, 0.6) is 5.75 Å². The Morgan fingerprint density at radius 2 is 1.93 bits per heavy atom. The number of aryl methyl sites for hydroxylation is 2. The van der Waals surface area contributed by atoms with E-state index in [-0.39, 0.29) is 5.56 Å². The van der Waals surface area contributed by atoms with Gasteiger partial charge in [0.15, 0.2) is 0 Å². The predicted molar refractivity (Wildman–Crippen MR) is 103 cm³/mol. The van der Waals surface area contributed by atoms with Crippen LogP contribution in [0.3, 0.4) is 0 Å². The number of amides is 1. The lowest BCUT2D eigenvalue weighted by Crippen LogP contribution is -2.32. The van der Waals surface area contributed by atoms with Crippen molar-refractivity contribution in [3.63, 3.8) is 0 Å². The van der Waals surface area contributed by atoms with Crippen LogP contribution < -0.4 is 15.6 Å². The van der Waals surface area contributed by atoms with Gasteiger partial charge in [-0.25, -0.2) is 0 Å². The molecule has 0 atom stereocenters. The minimum Gasteiger partial charge on any atom is -0.497 e. The van der Waals surface area contributed by atoms with E-state index in [1.807, 2.05) is 48.9 Å². The zero-order valence-electron chi connectivity index (χ0n) is 15.6. The maximum Gasteiger partial charge on any atom is 0.261 e. The maximum atomic E-state index is 12.3. The van der Waals surface area contributed by atoms with Gasteiger partial charge in [0.2, 0.25) is 0 Å². The van der Waals surface area contributed by atoms with Crippen molar-refractivity contribution in [2.75, 3.05) is 13.7 Å². The number of H-pyrrole nitrogens is 1. The first kappa shape index (κ1) is 18.4. The minimum atomic E-state index is -0.424. The zero-order chi connectivity index (χ0) is 19.4. The third-order valence-electron chi connectivity index (χ3n) is 4.27. The summed E-state index contributed by atoms with van der Waals surface area (Å²) in [5.74, 6) is 0.332. The van der Waals surface area contributed by atoms with Gasteiger partial charge in [0, 0.05) is 17.9 Å². The average Bonchev–Trinajstić information content (AvgIpc) is 2.98. The van der Waals surface area contributed by atoms with Crippen molar-refractivity contribution in [3.05, 3.63) is 69.8 Å². The van der Waals surface area contributed by atoms with Crippen LogP contribution >= 0.6 is 0 Å². The van der Waals surface area contributed by atoms with E-state index in [0.29, 0.717) is 18.8 Å². The Labute approximate surface area is 157 Å². The third kappa shape index (κ3) is 4.25. The summed E-state index contributed by atoms with van der Waals surface area (Å²) >= 11 is 0. The van der Waals surface area contributed by atoms with E-state index in [2.05, 4.69) is 15.4 Å². The van der Waals surface area contributed by atoms with Gasteiger partial charge in [0.05, 0.1) is 19.3 Å². The molecule has 0 bridgehead atoms. The second-order valence-corrected chi connectivity index (χ2v) is 6.25. The summed E-state index contributed by atoms with van der Waals surface area (Å²) in [7, 11) is 1.60. The molecule has 0 aliphatic carbocycles. The number of aromatic nitrogens is 3. The summed E-state index contributed by atoms with van der Waals surface area (Å²) in [5.41, 5.74) is 3.10. The molecular weight excluding hydrogens is 344 g/mol. The van der Waals surface area contributed by atoms with Crippen molar-refractivity contribution in [2.45, 2.75) is 20.4 Å². The molecular formula is C20H22N4O3. The van der Waals surface area contributed by atoms with E-state index in [4.69, 9.17) is 4.74 Å². The van der Waals surface area contributed by atoms with Gasteiger partial charge in [-0.2, -0.15) is 5.10 Å². The van der Waals surface area contributed by atoms with Crippen LogP contribution in [-0.4, -0.2) is 34.3 Å². The fourth-order valence-corrected chi connectivity index (χ4v) is 2.86. The van der Waals surface area contributed by atoms with E-state index in [1.165, 1.54) is 6.07 Å². The molecule has 3 rings (SSSR count). The summed E-state index contributed by atoms with van der Waals surface area (Å²) in [6.45, 7) is 4.82. The normalized spacial score (nSPS) is 10.6. The number of benzene rings is 1. The lowest BCUT2D eigenvalue weighted by atomic mass is 10.1. The van der Waals surface area contributed by atoms with Crippen LogP contribution in [0.15, 0.2) is 47.3 Å². The molecule has 2 heterocycles. The van der Waals surface area contributed by atoms with Crippen LogP contribution in [0, 0.1) is 13.8 Å². The van der Waals surface area contributed by atoms with Crippen LogP contribution in [0.4, 0.5) is 0 Å². The molecule has 0 saturated heterocycles. The molecule has 0 aliphatic heterocycles. The largest absolute Gasteiger partial charge is 0.497 e. The molecule has 0 radical (unpaired) electrons. The van der Waals surface area contributed by atoms with E-state index >= 15 is 0 Å². The molecule has 0 saturated carbocycles. The first-order valence-electron chi connectivity index (χ1n) is 8.65. The highest BCUT2D eigenvalue weighted by Gasteiger charge is 2.11. The number of nitrogens with zero attached hydrogens (tertiary/aromatic N) is 2. The standard InChI is InChI=1S/C20H22N4O3/c1-13-12-14(2)24(23-13)11-10-21-19(25)17-8-9-18(22-20(17)26)15-4-6-16(27-3)7-5-15/h4-9,12H,10-11H2,1-3H3,(H,21,25)(H,22,26). The van der Waals surface area contributed by atoms with E-state index in [1.54, 1.807) is 13.2 Å². The van der Waals surface area contributed by atoms with Crippen molar-refractivity contribution in [3.8, 4) is 17.0 Å². The number of aromatic amines is 1. The monoisotopic (exact) mass is 366 g/mol. The molecule has 0 aliphatic rings. The quantitative estimate of drug-likeness (QED) is 0.700. The molecule has 7 heteroatoms. The summed E-state index contributed by atoms with van der Waals surface area (Å²) in [6, 6.07) is 12.6. The van der Waals surface area contributed by atoms with Crippen LogP contribution in [-0.2, 0) is 6.54 Å². The van der Waals surface area contributed by atoms with E-state index in [0.717, 1.165) is 22.7 Å². The second kappa shape index (κ2) is 7.90. The molecule has 27 heavy (non-hydrogen) atoms. The number of ether oxygens (including phenoxy) is 1. The number of hydrogen-bond donors (Lipinski definition) is 2. The Balaban J connectivity index is 1.66. The molecule has 1 aromatic carbocycles. The summed E-state index contributed by atoms with van der Waals surface area (Å²) in [4.78, 5) is 27.4. The molecule has 140 valence electrons. The second-order valence-electron chi connectivity index (χ2n) is 6.25. The minimum absolute atomic E-state index is 0.0839. The third-order valence-corrected chi connectivity index (χ3v) is 4.27. The van der Waals surface area contributed by atoms with Crippen molar-refractivity contribution in [1.82, 2.24) is 20.1 Å². The molecule has 0 unspecified atom stereocenters. The Morgan fingerprint density at radius 3 is 2.52 bits per heavy atom. The van der Waals surface area contributed by atoms with Crippen molar-refractivity contribution in [1.29, 1.82) is 0 Å². The smallest absolute Gasteiger partial charge is 0.261 e. The lowest BCUT2D eigenvalue weighted by Gasteiger charge is -2.08. The van der Waals surface area contributed by atoms with Crippen LogP contribution in [0.25, 0.3) is 11.3 Å². The van der Waals surface area contributed by atoms with Crippen LogP contribution in [0.1, 0.15) is 21.7 Å². The Kier molecular flexibility index (Phi) is 5.40. The molecule has 2 aromatic heterocycles. The fourth-order valence-electron chi connectivity index (χ4n) is 2.86. The van der Waals surface area contributed by atoms with Gasteiger partial charge in [-0.1, -0.05) is 0 Å². The molecule has 0 fully saturated rings. The van der Waals surface area contributed by atoms with Crippen LogP contribution in [0.2, 0.25) is 0 Å². The summed E-state index contributed by atoms with van der Waals surface area (Å²) in [6.07, 6.45) is 0. The SMILES string of the molecule is COc1ccc(-c2ccc(C(=O)NCCn3nc(C)cc3C)c(=O)[nH]2)cc1. The zero-order valence-corrected chi connectivity index (χ0v) is 15.6. The highest BCUT2D eigenvalue weighted by atomic mass is 16.5. The summed E-state index contributed by atoms with van der Waals surface area (Å²) in [5, 5.41) is 7.11. The summed E-state index contributed by atoms with van der Waals surface area (Å²) < 4.78 is 6.95. The molecule has 7 nitrogen and oxygen atoms in total. The van der Waals surface area contributed by atoms with Gasteiger partial charge in [-0.3, -0.25) is 14.3 Å². The number of carbonyl (C=O) groups excluding carboxylic acids is 1. The number of hydrogen-bond acceptors (Lipinski definition) is 4. The van der Waals surface area contributed by atoms with Gasteiger partial charge in [-0.15, -0.1) is 0 Å². The molecule has 3 aromatic rings. The van der Waals surface area contributed by atoms with Gasteiger partial charge in [-0.05, 0) is 61.9 Å². The molecule has 0 spiro atoms. The van der Waals surface area contributed by atoms with E-state index < -0.39 is 11.5 Å². The molecule has 1 amide bonds. The maximum absolute atomic E-state index is 12.3. The molecule has 2 N–H and O–H groups in total. The highest BCUT2D eigenvalue weighted by molar-refractivity contribution is 5.94. The lowest BCUT2D eigenvalue weighted by molar-refractivity contribution is 0.0950. The number of pyridine rings is 1. The Bertz CT molecular complexity index is 1000. The average molecular weight is 366 g/mol. The van der Waals surface area contributed by atoms with Gasteiger partial charge in [0.1, 0.15) is 11.3 Å². The number of rotatable bonds is 6. The van der Waals surface area contributed by atoms with Crippen molar-refractivity contribution in [2.24, 2.45) is 0 Å². The fraction of sp³-hybridized carbons (Fsp3) is 0.250. The van der Waals surface area contributed by atoms with E-state index in [9.17, 15) is 9.59 Å². The number of carbonyl (C=O) groups is 1.